The Morgan fingerprint density at radius 1 is 1.47 bits per heavy atom. The van der Waals surface area contributed by atoms with Gasteiger partial charge in [0.2, 0.25) is 0 Å². The summed E-state index contributed by atoms with van der Waals surface area (Å²) in [7, 11) is 0. The molecule has 100 valence electrons. The molecule has 0 bridgehead atoms. The zero-order valence-corrected chi connectivity index (χ0v) is 12.1. The lowest BCUT2D eigenvalue weighted by Gasteiger charge is -2.30. The van der Waals surface area contributed by atoms with Gasteiger partial charge < -0.3 is 14.1 Å². The van der Waals surface area contributed by atoms with Crippen molar-refractivity contribution in [3.8, 4) is 0 Å². The average molecular weight is 324 g/mol. The third-order valence-electron chi connectivity index (χ3n) is 3.24. The molecule has 1 saturated heterocycles. The third-order valence-corrected chi connectivity index (χ3v) is 3.86. The molecule has 1 aromatic heterocycles. The van der Waals surface area contributed by atoms with Crippen LogP contribution >= 0.6 is 15.9 Å². The maximum Gasteiger partial charge on any atom is 0.289 e. The van der Waals surface area contributed by atoms with Gasteiger partial charge in [0, 0.05) is 18.5 Å². The zero-order valence-electron chi connectivity index (χ0n) is 10.6. The van der Waals surface area contributed by atoms with E-state index in [2.05, 4.69) is 15.9 Å². The van der Waals surface area contributed by atoms with Crippen LogP contribution < -0.4 is 0 Å². The molecule has 0 unspecified atom stereocenters. The van der Waals surface area contributed by atoms with Crippen molar-refractivity contribution in [1.82, 2.24) is 4.90 Å². The normalized spacial score (nSPS) is 19.9. The van der Waals surface area contributed by atoms with Gasteiger partial charge in [-0.25, -0.2) is 0 Å². The standard InChI is InChI=1S/C14H14BrNO3/c1-9-8-16(5-6-18-9)14(17)12-7-10-3-2-4-11(15)13(10)19-12/h2-4,7,9H,5-6,8H2,1H3/t9-/m0/s1. The largest absolute Gasteiger partial charge is 0.450 e. The van der Waals surface area contributed by atoms with E-state index < -0.39 is 0 Å². The zero-order chi connectivity index (χ0) is 13.4. The van der Waals surface area contributed by atoms with Crippen LogP contribution in [0.15, 0.2) is 33.2 Å². The molecule has 0 saturated carbocycles. The number of hydrogen-bond donors (Lipinski definition) is 0. The number of carbonyl (C=O) groups excluding carboxylic acids is 1. The van der Waals surface area contributed by atoms with E-state index in [1.54, 1.807) is 11.0 Å². The number of morpholine rings is 1. The van der Waals surface area contributed by atoms with Crippen molar-refractivity contribution in [2.45, 2.75) is 13.0 Å². The molecule has 1 amide bonds. The summed E-state index contributed by atoms with van der Waals surface area (Å²) in [5.41, 5.74) is 0.715. The molecule has 1 fully saturated rings. The maximum atomic E-state index is 12.4. The molecular weight excluding hydrogens is 310 g/mol. The van der Waals surface area contributed by atoms with Gasteiger partial charge in [-0.05, 0) is 35.0 Å². The van der Waals surface area contributed by atoms with E-state index >= 15 is 0 Å². The molecule has 4 nitrogen and oxygen atoms in total. The first kappa shape index (κ1) is 12.7. The van der Waals surface area contributed by atoms with E-state index in [1.165, 1.54) is 0 Å². The second-order valence-corrected chi connectivity index (χ2v) is 5.56. The first-order valence-electron chi connectivity index (χ1n) is 6.24. The topological polar surface area (TPSA) is 42.7 Å². The van der Waals surface area contributed by atoms with Gasteiger partial charge in [0.1, 0.15) is 5.58 Å². The summed E-state index contributed by atoms with van der Waals surface area (Å²) in [5, 5.41) is 0.930. The number of halogens is 1. The van der Waals surface area contributed by atoms with Crippen LogP contribution in [0.2, 0.25) is 0 Å². The van der Waals surface area contributed by atoms with Gasteiger partial charge in [-0.3, -0.25) is 4.79 Å². The average Bonchev–Trinajstić information content (AvgIpc) is 2.83. The number of amides is 1. The van der Waals surface area contributed by atoms with Gasteiger partial charge in [0.15, 0.2) is 5.76 Å². The van der Waals surface area contributed by atoms with Gasteiger partial charge in [0.05, 0.1) is 17.2 Å². The number of furan rings is 1. The van der Waals surface area contributed by atoms with Gasteiger partial charge in [-0.2, -0.15) is 0 Å². The first-order chi connectivity index (χ1) is 9.15. The predicted octanol–water partition coefficient (Wildman–Crippen LogP) is 3.06. The summed E-state index contributed by atoms with van der Waals surface area (Å²) in [6.07, 6.45) is 0.0776. The van der Waals surface area contributed by atoms with Crippen LogP contribution in [-0.4, -0.2) is 36.6 Å². The summed E-state index contributed by atoms with van der Waals surface area (Å²) in [6.45, 7) is 3.77. The summed E-state index contributed by atoms with van der Waals surface area (Å²) in [6, 6.07) is 7.55. The maximum absolute atomic E-state index is 12.4. The minimum Gasteiger partial charge on any atom is -0.450 e. The Kier molecular flexibility index (Phi) is 3.33. The Balaban J connectivity index is 1.91. The number of carbonyl (C=O) groups is 1. The molecule has 3 rings (SSSR count). The van der Waals surface area contributed by atoms with Gasteiger partial charge in [-0.15, -0.1) is 0 Å². The molecule has 1 atom stereocenters. The molecule has 0 N–H and O–H groups in total. The minimum atomic E-state index is -0.0711. The van der Waals surface area contributed by atoms with Crippen LogP contribution in [0.1, 0.15) is 17.5 Å². The molecule has 2 heterocycles. The van der Waals surface area contributed by atoms with Crippen LogP contribution in [0.3, 0.4) is 0 Å². The van der Waals surface area contributed by atoms with Gasteiger partial charge in [-0.1, -0.05) is 12.1 Å². The Labute approximate surface area is 119 Å². The first-order valence-corrected chi connectivity index (χ1v) is 7.03. The fourth-order valence-electron chi connectivity index (χ4n) is 2.29. The number of ether oxygens (including phenoxy) is 1. The molecule has 19 heavy (non-hydrogen) atoms. The van der Waals surface area contributed by atoms with Gasteiger partial charge >= 0.3 is 0 Å². The fourth-order valence-corrected chi connectivity index (χ4v) is 2.75. The van der Waals surface area contributed by atoms with Crippen molar-refractivity contribution in [2.75, 3.05) is 19.7 Å². The third kappa shape index (κ3) is 2.40. The smallest absolute Gasteiger partial charge is 0.289 e. The monoisotopic (exact) mass is 323 g/mol. The Morgan fingerprint density at radius 2 is 2.32 bits per heavy atom. The highest BCUT2D eigenvalue weighted by atomic mass is 79.9. The van der Waals surface area contributed by atoms with Crippen molar-refractivity contribution in [2.24, 2.45) is 0 Å². The minimum absolute atomic E-state index is 0.0711. The Hall–Kier alpha value is -1.33. The fraction of sp³-hybridized carbons (Fsp3) is 0.357. The van der Waals surface area contributed by atoms with Crippen molar-refractivity contribution in [3.63, 3.8) is 0 Å². The highest BCUT2D eigenvalue weighted by Crippen LogP contribution is 2.27. The van der Waals surface area contributed by atoms with Gasteiger partial charge in [0.25, 0.3) is 5.91 Å². The molecule has 2 aromatic rings. The highest BCUT2D eigenvalue weighted by Gasteiger charge is 2.25. The SMILES string of the molecule is C[C@H]1CN(C(=O)c2cc3cccc(Br)c3o2)CCO1. The van der Waals surface area contributed by atoms with E-state index in [1.807, 2.05) is 25.1 Å². The molecule has 0 spiro atoms. The second-order valence-electron chi connectivity index (χ2n) is 4.70. The number of rotatable bonds is 1. The van der Waals surface area contributed by atoms with Crippen LogP contribution in [0.5, 0.6) is 0 Å². The molecule has 1 aliphatic rings. The molecule has 1 aliphatic heterocycles. The van der Waals surface area contributed by atoms with E-state index in [0.717, 1.165) is 9.86 Å². The molecule has 0 aliphatic carbocycles. The number of benzene rings is 1. The Bertz CT molecular complexity index is 622. The summed E-state index contributed by atoms with van der Waals surface area (Å²) < 4.78 is 12.0. The van der Waals surface area contributed by atoms with Crippen molar-refractivity contribution in [3.05, 3.63) is 34.5 Å². The van der Waals surface area contributed by atoms with Crippen LogP contribution in [-0.2, 0) is 4.74 Å². The van der Waals surface area contributed by atoms with Crippen LogP contribution in [0.4, 0.5) is 0 Å². The van der Waals surface area contributed by atoms with Crippen molar-refractivity contribution < 1.29 is 13.9 Å². The summed E-state index contributed by atoms with van der Waals surface area (Å²) in [4.78, 5) is 14.2. The lowest BCUT2D eigenvalue weighted by molar-refractivity contribution is -0.0134. The summed E-state index contributed by atoms with van der Waals surface area (Å²) >= 11 is 3.43. The Morgan fingerprint density at radius 3 is 3.05 bits per heavy atom. The molecule has 0 radical (unpaired) electrons. The number of para-hydroxylation sites is 1. The van der Waals surface area contributed by atoms with Crippen molar-refractivity contribution in [1.29, 1.82) is 0 Å². The van der Waals surface area contributed by atoms with E-state index in [0.29, 0.717) is 31.0 Å². The second kappa shape index (κ2) is 4.98. The lowest BCUT2D eigenvalue weighted by atomic mass is 10.2. The van der Waals surface area contributed by atoms with Crippen molar-refractivity contribution >= 4 is 32.8 Å². The highest BCUT2D eigenvalue weighted by molar-refractivity contribution is 9.10. The van der Waals surface area contributed by atoms with E-state index in [-0.39, 0.29) is 12.0 Å². The lowest BCUT2D eigenvalue weighted by Crippen LogP contribution is -2.44. The van der Waals surface area contributed by atoms with E-state index in [9.17, 15) is 4.79 Å². The molecule has 1 aromatic carbocycles. The molecular formula is C14H14BrNO3. The van der Waals surface area contributed by atoms with Crippen LogP contribution in [0, 0.1) is 0 Å². The summed E-state index contributed by atoms with van der Waals surface area (Å²) in [5.74, 6) is 0.314. The number of fused-ring (bicyclic) bond motifs is 1. The quantitative estimate of drug-likeness (QED) is 0.810. The van der Waals surface area contributed by atoms with Crippen LogP contribution in [0.25, 0.3) is 11.0 Å². The number of nitrogens with zero attached hydrogens (tertiary/aromatic N) is 1. The predicted molar refractivity (Wildman–Crippen MR) is 75.2 cm³/mol. The number of hydrogen-bond acceptors (Lipinski definition) is 3. The van der Waals surface area contributed by atoms with E-state index in [4.69, 9.17) is 9.15 Å². The molecule has 5 heteroatoms.